The molecule has 0 aliphatic carbocycles. The molecule has 3 fully saturated rings. The van der Waals surface area contributed by atoms with Gasteiger partial charge in [-0.05, 0) is 98.7 Å². The number of ketones is 2. The summed E-state index contributed by atoms with van der Waals surface area (Å²) in [7, 11) is 0. The molecule has 2 aromatic carbocycles. The van der Waals surface area contributed by atoms with E-state index < -0.39 is 6.17 Å². The zero-order valence-corrected chi connectivity index (χ0v) is 26.1. The molecule has 1 amide bonds. The van der Waals surface area contributed by atoms with E-state index >= 15 is 4.39 Å². The summed E-state index contributed by atoms with van der Waals surface area (Å²) in [5.41, 5.74) is 4.15. The number of alkyl halides is 1. The Labute approximate surface area is 269 Å². The standard InChI is InChI=1S/C37H40FN5O3/c38-33-25-41(24-27-5-3-26(22-39)4-6-27)18-13-30(33)21-35(44)31-9-12-34(40-23-31)37(46)43-19-14-29(15-20-43)36(45)28-7-10-32(11-8-28)42-16-1-2-17-42/h3-12,23,29-30,33H,1-2,13-21,24-25H2/t30?,33-/m1/s1. The Morgan fingerprint density at radius 1 is 0.848 bits per heavy atom. The lowest BCUT2D eigenvalue weighted by molar-refractivity contribution is 0.0644. The zero-order valence-electron chi connectivity index (χ0n) is 26.1. The van der Waals surface area contributed by atoms with Crippen molar-refractivity contribution in [2.45, 2.75) is 51.2 Å². The normalized spacial score (nSPS) is 20.8. The van der Waals surface area contributed by atoms with Crippen molar-refractivity contribution in [3.8, 4) is 6.07 Å². The van der Waals surface area contributed by atoms with Gasteiger partial charge in [-0.3, -0.25) is 24.3 Å². The van der Waals surface area contributed by atoms with Crippen LogP contribution in [0.2, 0.25) is 0 Å². The number of piperidine rings is 2. The second-order valence-electron chi connectivity index (χ2n) is 12.8. The molecule has 0 bridgehead atoms. The maximum absolute atomic E-state index is 15.1. The molecule has 0 radical (unpaired) electrons. The quantitative estimate of drug-likeness (QED) is 0.282. The molecule has 3 aliphatic heterocycles. The van der Waals surface area contributed by atoms with Crippen LogP contribution in [0, 0.1) is 23.2 Å². The van der Waals surface area contributed by atoms with E-state index in [2.05, 4.69) is 16.0 Å². The number of Topliss-reactive ketones (excluding diaryl/α,β-unsaturated/α-hetero) is 2. The van der Waals surface area contributed by atoms with Gasteiger partial charge in [-0.15, -0.1) is 0 Å². The van der Waals surface area contributed by atoms with Crippen LogP contribution in [0.25, 0.3) is 0 Å². The van der Waals surface area contributed by atoms with Crippen LogP contribution in [0.4, 0.5) is 10.1 Å². The maximum Gasteiger partial charge on any atom is 0.272 e. The van der Waals surface area contributed by atoms with Crippen molar-refractivity contribution in [1.82, 2.24) is 14.8 Å². The molecule has 3 saturated heterocycles. The molecule has 0 spiro atoms. The largest absolute Gasteiger partial charge is 0.372 e. The van der Waals surface area contributed by atoms with Gasteiger partial charge in [-0.1, -0.05) is 12.1 Å². The van der Waals surface area contributed by atoms with Crippen molar-refractivity contribution < 1.29 is 18.8 Å². The van der Waals surface area contributed by atoms with Gasteiger partial charge in [0.15, 0.2) is 11.6 Å². The monoisotopic (exact) mass is 621 g/mol. The number of rotatable bonds is 9. The van der Waals surface area contributed by atoms with Gasteiger partial charge in [-0.2, -0.15) is 5.26 Å². The fourth-order valence-electron chi connectivity index (χ4n) is 6.93. The van der Waals surface area contributed by atoms with Crippen LogP contribution >= 0.6 is 0 Å². The van der Waals surface area contributed by atoms with Crippen LogP contribution < -0.4 is 4.90 Å². The van der Waals surface area contributed by atoms with Crippen LogP contribution in [0.3, 0.4) is 0 Å². The fraction of sp³-hybridized carbons (Fsp3) is 0.432. The van der Waals surface area contributed by atoms with Crippen molar-refractivity contribution in [2.75, 3.05) is 44.2 Å². The van der Waals surface area contributed by atoms with E-state index in [1.165, 1.54) is 24.7 Å². The Bertz CT molecular complexity index is 1570. The summed E-state index contributed by atoms with van der Waals surface area (Å²) >= 11 is 0. The van der Waals surface area contributed by atoms with Crippen molar-refractivity contribution in [3.63, 3.8) is 0 Å². The first kappa shape index (κ1) is 31.6. The minimum Gasteiger partial charge on any atom is -0.372 e. The predicted octanol–water partition coefficient (Wildman–Crippen LogP) is 5.72. The van der Waals surface area contributed by atoms with E-state index in [-0.39, 0.29) is 48.0 Å². The lowest BCUT2D eigenvalue weighted by Gasteiger charge is -2.34. The molecule has 9 heteroatoms. The molecular weight excluding hydrogens is 581 g/mol. The van der Waals surface area contributed by atoms with Crippen molar-refractivity contribution in [2.24, 2.45) is 11.8 Å². The lowest BCUT2D eigenvalue weighted by atomic mass is 9.88. The van der Waals surface area contributed by atoms with E-state index in [9.17, 15) is 14.4 Å². The number of nitrogens with zero attached hydrogens (tertiary/aromatic N) is 5. The number of amides is 1. The average molecular weight is 622 g/mol. The number of carbonyl (C=O) groups excluding carboxylic acids is 3. The number of benzene rings is 2. The number of hydrogen-bond acceptors (Lipinski definition) is 7. The predicted molar refractivity (Wildman–Crippen MR) is 173 cm³/mol. The van der Waals surface area contributed by atoms with Crippen LogP contribution in [0.1, 0.15) is 80.9 Å². The summed E-state index contributed by atoms with van der Waals surface area (Å²) in [4.78, 5) is 49.7. The number of likely N-dealkylation sites (tertiary alicyclic amines) is 2. The Kier molecular flexibility index (Phi) is 9.84. The molecular formula is C37H40FN5O3. The Hall–Kier alpha value is -4.42. The van der Waals surface area contributed by atoms with Gasteiger partial charge in [0.2, 0.25) is 0 Å². The minimum atomic E-state index is -1.12. The van der Waals surface area contributed by atoms with E-state index in [0.717, 1.165) is 24.2 Å². The van der Waals surface area contributed by atoms with Crippen LogP contribution in [0.15, 0.2) is 66.9 Å². The summed E-state index contributed by atoms with van der Waals surface area (Å²) in [6.45, 7) is 4.64. The molecule has 46 heavy (non-hydrogen) atoms. The SMILES string of the molecule is N#Cc1ccc(CN2CCC(CC(=O)c3ccc(C(=O)N4CCC(C(=O)c5ccc(N6CCCC6)cc5)CC4)nc3)[C@H](F)C2)cc1. The average Bonchev–Trinajstić information content (AvgIpc) is 3.65. The van der Waals surface area contributed by atoms with Gasteiger partial charge in [-0.25, -0.2) is 4.39 Å². The van der Waals surface area contributed by atoms with Gasteiger partial charge in [0.1, 0.15) is 11.9 Å². The van der Waals surface area contributed by atoms with Crippen LogP contribution in [0.5, 0.6) is 0 Å². The van der Waals surface area contributed by atoms with Gasteiger partial charge >= 0.3 is 0 Å². The molecule has 3 aromatic rings. The Morgan fingerprint density at radius 3 is 2.17 bits per heavy atom. The summed E-state index contributed by atoms with van der Waals surface area (Å²) < 4.78 is 15.1. The summed E-state index contributed by atoms with van der Waals surface area (Å²) in [6, 6.07) is 20.5. The van der Waals surface area contributed by atoms with E-state index in [1.807, 2.05) is 41.3 Å². The number of pyridine rings is 1. The Balaban J connectivity index is 0.957. The van der Waals surface area contributed by atoms with Gasteiger partial charge in [0.05, 0.1) is 11.6 Å². The van der Waals surface area contributed by atoms with E-state index in [4.69, 9.17) is 5.26 Å². The third-order valence-corrected chi connectivity index (χ3v) is 9.78. The van der Waals surface area contributed by atoms with Crippen LogP contribution in [-0.2, 0) is 6.54 Å². The molecule has 8 nitrogen and oxygen atoms in total. The number of nitriles is 1. The fourth-order valence-corrected chi connectivity index (χ4v) is 6.93. The molecule has 4 heterocycles. The number of aromatic nitrogens is 1. The molecule has 3 aliphatic rings. The molecule has 6 rings (SSSR count). The van der Waals surface area contributed by atoms with Crippen molar-refractivity contribution in [3.05, 3.63) is 94.8 Å². The molecule has 238 valence electrons. The first-order chi connectivity index (χ1) is 22.4. The second-order valence-corrected chi connectivity index (χ2v) is 12.8. The summed E-state index contributed by atoms with van der Waals surface area (Å²) in [5.74, 6) is -0.728. The second kappa shape index (κ2) is 14.3. The van der Waals surface area contributed by atoms with Crippen LogP contribution in [-0.4, -0.2) is 77.7 Å². The maximum atomic E-state index is 15.1. The number of halogens is 1. The summed E-state index contributed by atoms with van der Waals surface area (Å²) in [5, 5.41) is 8.97. The smallest absolute Gasteiger partial charge is 0.272 e. The number of anilines is 1. The lowest BCUT2D eigenvalue weighted by Crippen LogP contribution is -2.42. The van der Waals surface area contributed by atoms with E-state index in [1.54, 1.807) is 29.2 Å². The van der Waals surface area contributed by atoms with Crippen molar-refractivity contribution in [1.29, 1.82) is 5.26 Å². The highest BCUT2D eigenvalue weighted by atomic mass is 19.1. The van der Waals surface area contributed by atoms with Gasteiger partial charge in [0, 0.05) is 74.6 Å². The first-order valence-electron chi connectivity index (χ1n) is 16.4. The molecule has 2 atom stereocenters. The highest BCUT2D eigenvalue weighted by molar-refractivity contribution is 5.99. The first-order valence-corrected chi connectivity index (χ1v) is 16.4. The number of hydrogen-bond donors (Lipinski definition) is 0. The third kappa shape index (κ3) is 7.34. The van der Waals surface area contributed by atoms with Crippen molar-refractivity contribution >= 4 is 23.2 Å². The minimum absolute atomic E-state index is 0.101. The van der Waals surface area contributed by atoms with Gasteiger partial charge < -0.3 is 9.80 Å². The highest BCUT2D eigenvalue weighted by Gasteiger charge is 2.32. The molecule has 1 unspecified atom stereocenters. The highest BCUT2D eigenvalue weighted by Crippen LogP contribution is 2.28. The molecule has 1 aromatic heterocycles. The topological polar surface area (TPSA) is 97.6 Å². The Morgan fingerprint density at radius 2 is 1.54 bits per heavy atom. The molecule has 0 N–H and O–H groups in total. The van der Waals surface area contributed by atoms with E-state index in [0.29, 0.717) is 56.6 Å². The zero-order chi connectivity index (χ0) is 32.0. The third-order valence-electron chi connectivity index (χ3n) is 9.78. The number of carbonyl (C=O) groups is 3. The summed E-state index contributed by atoms with van der Waals surface area (Å²) in [6.07, 6.45) is 4.61. The molecule has 0 saturated carbocycles. The van der Waals surface area contributed by atoms with Gasteiger partial charge in [0.25, 0.3) is 5.91 Å².